The molecular formula is C20H14N2O2. The molecular weight excluding hydrogens is 300 g/mol. The molecule has 0 saturated carbocycles. The summed E-state index contributed by atoms with van der Waals surface area (Å²) in [5, 5.41) is 17.6. The van der Waals surface area contributed by atoms with Crippen LogP contribution in [0.15, 0.2) is 77.0 Å². The molecule has 24 heavy (non-hydrogen) atoms. The quantitative estimate of drug-likeness (QED) is 0.517. The molecule has 4 nitrogen and oxygen atoms in total. The van der Waals surface area contributed by atoms with Crippen LogP contribution in [0.4, 0.5) is 11.4 Å². The Balaban J connectivity index is 1.70. The van der Waals surface area contributed by atoms with Crippen LogP contribution < -0.4 is 0 Å². The van der Waals surface area contributed by atoms with Crippen LogP contribution in [0.3, 0.4) is 0 Å². The van der Waals surface area contributed by atoms with Crippen LogP contribution in [0.2, 0.25) is 0 Å². The van der Waals surface area contributed by atoms with Gasteiger partial charge in [0.15, 0.2) is 0 Å². The Kier molecular flexibility index (Phi) is 3.43. The molecule has 0 saturated heterocycles. The highest BCUT2D eigenvalue weighted by atomic mass is 16.4. The maximum absolute atomic E-state index is 11.0. The molecule has 0 atom stereocenters. The Labute approximate surface area is 139 Å². The molecule has 0 radical (unpaired) electrons. The van der Waals surface area contributed by atoms with Gasteiger partial charge in [-0.2, -0.15) is 10.2 Å². The molecule has 1 aliphatic rings. The van der Waals surface area contributed by atoms with Gasteiger partial charge in [-0.05, 0) is 46.5 Å². The number of aromatic carboxylic acids is 1. The number of rotatable bonds is 3. The second kappa shape index (κ2) is 5.74. The van der Waals surface area contributed by atoms with Gasteiger partial charge >= 0.3 is 5.97 Å². The van der Waals surface area contributed by atoms with E-state index in [0.717, 1.165) is 17.7 Å². The predicted molar refractivity (Wildman–Crippen MR) is 92.3 cm³/mol. The number of fused-ring (bicyclic) bond motifs is 3. The van der Waals surface area contributed by atoms with Gasteiger partial charge in [-0.25, -0.2) is 4.79 Å². The predicted octanol–water partition coefficient (Wildman–Crippen LogP) is 5.37. The van der Waals surface area contributed by atoms with Crippen LogP contribution in [0, 0.1) is 0 Å². The highest BCUT2D eigenvalue weighted by molar-refractivity contribution is 5.88. The molecule has 0 bridgehead atoms. The smallest absolute Gasteiger partial charge is 0.335 e. The van der Waals surface area contributed by atoms with Crippen molar-refractivity contribution in [3.05, 3.63) is 83.4 Å². The van der Waals surface area contributed by atoms with Crippen molar-refractivity contribution in [2.75, 3.05) is 0 Å². The van der Waals surface area contributed by atoms with Gasteiger partial charge in [0.25, 0.3) is 0 Å². The molecule has 0 fully saturated rings. The Morgan fingerprint density at radius 2 is 1.67 bits per heavy atom. The summed E-state index contributed by atoms with van der Waals surface area (Å²) in [5.74, 6) is -0.969. The Bertz CT molecular complexity index is 977. The van der Waals surface area contributed by atoms with E-state index >= 15 is 0 Å². The lowest BCUT2D eigenvalue weighted by Crippen LogP contribution is -1.94. The summed E-state index contributed by atoms with van der Waals surface area (Å²) in [6.07, 6.45) is 0.843. The molecule has 0 heterocycles. The van der Waals surface area contributed by atoms with Crippen molar-refractivity contribution >= 4 is 17.3 Å². The number of carbonyl (C=O) groups is 1. The standard InChI is InChI=1S/C20H14N2O2/c23-20(24)14-6-3-7-15(11-14)21-22-19-10-4-9-17-16-8-2-1-5-13(16)12-18(17)19/h1-11H,12H2,(H,23,24)/b22-21+. The zero-order chi connectivity index (χ0) is 16.5. The van der Waals surface area contributed by atoms with Crippen LogP contribution in [-0.4, -0.2) is 11.1 Å². The minimum absolute atomic E-state index is 0.206. The molecule has 0 spiro atoms. The Hall–Kier alpha value is -3.27. The molecule has 3 aromatic carbocycles. The number of carboxylic acids is 1. The number of carboxylic acid groups (broad SMARTS) is 1. The van der Waals surface area contributed by atoms with Gasteiger partial charge in [0.2, 0.25) is 0 Å². The molecule has 1 aliphatic carbocycles. The van der Waals surface area contributed by atoms with Crippen molar-refractivity contribution < 1.29 is 9.90 Å². The third-order valence-electron chi connectivity index (χ3n) is 4.19. The van der Waals surface area contributed by atoms with Crippen LogP contribution in [0.1, 0.15) is 21.5 Å². The third-order valence-corrected chi connectivity index (χ3v) is 4.19. The van der Waals surface area contributed by atoms with Gasteiger partial charge in [-0.15, -0.1) is 0 Å². The van der Waals surface area contributed by atoms with E-state index in [1.807, 2.05) is 24.3 Å². The summed E-state index contributed by atoms with van der Waals surface area (Å²) >= 11 is 0. The SMILES string of the molecule is O=C(O)c1cccc(/N=N/c2cccc3c2Cc2ccccc2-3)c1. The van der Waals surface area contributed by atoms with E-state index in [-0.39, 0.29) is 5.56 Å². The summed E-state index contributed by atoms with van der Waals surface area (Å²) in [7, 11) is 0. The van der Waals surface area contributed by atoms with Gasteiger partial charge in [0, 0.05) is 6.42 Å². The number of hydrogen-bond acceptors (Lipinski definition) is 3. The van der Waals surface area contributed by atoms with E-state index in [0.29, 0.717) is 5.69 Å². The van der Waals surface area contributed by atoms with Crippen molar-refractivity contribution in [1.29, 1.82) is 0 Å². The number of azo groups is 1. The van der Waals surface area contributed by atoms with Crippen molar-refractivity contribution in [3.63, 3.8) is 0 Å². The van der Waals surface area contributed by atoms with E-state index in [1.165, 1.54) is 28.8 Å². The molecule has 0 aliphatic heterocycles. The number of hydrogen-bond donors (Lipinski definition) is 1. The normalized spacial score (nSPS) is 12.2. The topological polar surface area (TPSA) is 62.0 Å². The van der Waals surface area contributed by atoms with E-state index in [9.17, 15) is 4.79 Å². The van der Waals surface area contributed by atoms with E-state index in [4.69, 9.17) is 5.11 Å². The summed E-state index contributed by atoms with van der Waals surface area (Å²) in [5.41, 5.74) is 6.46. The maximum Gasteiger partial charge on any atom is 0.335 e. The highest BCUT2D eigenvalue weighted by Gasteiger charge is 2.20. The van der Waals surface area contributed by atoms with Crippen molar-refractivity contribution in [2.45, 2.75) is 6.42 Å². The monoisotopic (exact) mass is 314 g/mol. The number of nitrogens with zero attached hydrogens (tertiary/aromatic N) is 2. The van der Waals surface area contributed by atoms with Gasteiger partial charge in [0.1, 0.15) is 0 Å². The molecule has 4 rings (SSSR count). The van der Waals surface area contributed by atoms with Gasteiger partial charge in [0.05, 0.1) is 16.9 Å². The lowest BCUT2D eigenvalue weighted by Gasteiger charge is -2.03. The first kappa shape index (κ1) is 14.3. The second-order valence-electron chi connectivity index (χ2n) is 5.69. The maximum atomic E-state index is 11.0. The van der Waals surface area contributed by atoms with Crippen LogP contribution in [0.25, 0.3) is 11.1 Å². The Morgan fingerprint density at radius 1 is 0.875 bits per heavy atom. The first-order valence-electron chi connectivity index (χ1n) is 7.67. The van der Waals surface area contributed by atoms with Crippen LogP contribution in [0.5, 0.6) is 0 Å². The molecule has 0 unspecified atom stereocenters. The Morgan fingerprint density at radius 3 is 2.54 bits per heavy atom. The van der Waals surface area contributed by atoms with Gasteiger partial charge in [-0.1, -0.05) is 42.5 Å². The summed E-state index contributed by atoms with van der Waals surface area (Å²) in [4.78, 5) is 11.0. The van der Waals surface area contributed by atoms with Gasteiger partial charge in [-0.3, -0.25) is 0 Å². The zero-order valence-electron chi connectivity index (χ0n) is 12.8. The fourth-order valence-corrected chi connectivity index (χ4v) is 3.05. The van der Waals surface area contributed by atoms with Crippen LogP contribution >= 0.6 is 0 Å². The van der Waals surface area contributed by atoms with Crippen molar-refractivity contribution in [3.8, 4) is 11.1 Å². The summed E-state index contributed by atoms with van der Waals surface area (Å²) in [6, 6.07) is 20.8. The van der Waals surface area contributed by atoms with E-state index in [1.54, 1.807) is 12.1 Å². The molecule has 1 N–H and O–H groups in total. The number of benzene rings is 3. The molecule has 0 aromatic heterocycles. The third kappa shape index (κ3) is 2.48. The molecule has 4 heteroatoms. The molecule has 3 aromatic rings. The largest absolute Gasteiger partial charge is 0.478 e. The second-order valence-corrected chi connectivity index (χ2v) is 5.69. The van der Waals surface area contributed by atoms with E-state index in [2.05, 4.69) is 28.4 Å². The summed E-state index contributed by atoms with van der Waals surface area (Å²) in [6.45, 7) is 0. The fraction of sp³-hybridized carbons (Fsp3) is 0.0500. The fourth-order valence-electron chi connectivity index (χ4n) is 3.05. The lowest BCUT2D eigenvalue weighted by molar-refractivity contribution is 0.0697. The zero-order valence-corrected chi connectivity index (χ0v) is 12.8. The first-order chi connectivity index (χ1) is 11.7. The van der Waals surface area contributed by atoms with Crippen molar-refractivity contribution in [1.82, 2.24) is 0 Å². The minimum atomic E-state index is -0.969. The molecule has 116 valence electrons. The van der Waals surface area contributed by atoms with E-state index < -0.39 is 5.97 Å². The van der Waals surface area contributed by atoms with Crippen molar-refractivity contribution in [2.24, 2.45) is 10.2 Å². The first-order valence-corrected chi connectivity index (χ1v) is 7.67. The van der Waals surface area contributed by atoms with Crippen LogP contribution in [-0.2, 0) is 6.42 Å². The highest BCUT2D eigenvalue weighted by Crippen LogP contribution is 2.41. The average molecular weight is 314 g/mol. The lowest BCUT2D eigenvalue weighted by atomic mass is 10.1. The van der Waals surface area contributed by atoms with Gasteiger partial charge < -0.3 is 5.11 Å². The summed E-state index contributed by atoms with van der Waals surface area (Å²) < 4.78 is 0. The minimum Gasteiger partial charge on any atom is -0.478 e. The average Bonchev–Trinajstić information content (AvgIpc) is 2.99. The molecule has 0 amide bonds.